The maximum absolute atomic E-state index is 13.5. The van der Waals surface area contributed by atoms with Crippen LogP contribution < -0.4 is 15.4 Å². The highest BCUT2D eigenvalue weighted by atomic mass is 19.1. The molecular formula is C26H32FN5O3. The molecule has 9 heteroatoms. The lowest BCUT2D eigenvalue weighted by Gasteiger charge is -2.21. The Morgan fingerprint density at radius 1 is 1.14 bits per heavy atom. The number of methoxy groups -OCH3 is 1. The number of carbonyl (C=O) groups is 1. The van der Waals surface area contributed by atoms with Crippen molar-refractivity contribution in [1.29, 1.82) is 0 Å². The minimum atomic E-state index is -0.336. The van der Waals surface area contributed by atoms with Crippen LogP contribution in [0.15, 0.2) is 54.6 Å². The molecule has 1 fully saturated rings. The third kappa shape index (κ3) is 5.80. The predicted octanol–water partition coefficient (Wildman–Crippen LogP) is 3.95. The van der Waals surface area contributed by atoms with Crippen LogP contribution in [0.2, 0.25) is 0 Å². The molecule has 4 rings (SSSR count). The molecule has 8 nitrogen and oxygen atoms in total. The van der Waals surface area contributed by atoms with Crippen molar-refractivity contribution in [2.24, 2.45) is 0 Å². The van der Waals surface area contributed by atoms with E-state index < -0.39 is 0 Å². The Balaban J connectivity index is 1.52. The summed E-state index contributed by atoms with van der Waals surface area (Å²) in [5.74, 6) is 0.727. The van der Waals surface area contributed by atoms with Crippen LogP contribution in [0.25, 0.3) is 5.69 Å². The number of ether oxygens (including phenoxy) is 2. The summed E-state index contributed by atoms with van der Waals surface area (Å²) in [4.78, 5) is 15.5. The van der Waals surface area contributed by atoms with Crippen LogP contribution in [0.5, 0.6) is 5.88 Å². The number of hydrogen-bond acceptors (Lipinski definition) is 5. The minimum absolute atomic E-state index is 0.0256. The molecule has 35 heavy (non-hydrogen) atoms. The predicted molar refractivity (Wildman–Crippen MR) is 133 cm³/mol. The van der Waals surface area contributed by atoms with E-state index in [-0.39, 0.29) is 23.8 Å². The Morgan fingerprint density at radius 2 is 1.89 bits per heavy atom. The van der Waals surface area contributed by atoms with Gasteiger partial charge in [0.15, 0.2) is 0 Å². The molecule has 1 aliphatic rings. The number of hydrogen-bond donors (Lipinski definition) is 2. The number of para-hydroxylation sites is 1. The van der Waals surface area contributed by atoms with E-state index in [1.807, 2.05) is 44.2 Å². The Morgan fingerprint density at radius 3 is 2.57 bits per heavy atom. The Bertz CT molecular complexity index is 1120. The molecule has 1 aliphatic heterocycles. The fraction of sp³-hybridized carbons (Fsp3) is 0.385. The van der Waals surface area contributed by atoms with Crippen molar-refractivity contribution in [3.63, 3.8) is 0 Å². The highest BCUT2D eigenvalue weighted by molar-refractivity contribution is 5.90. The van der Waals surface area contributed by atoms with Gasteiger partial charge in [-0.25, -0.2) is 13.9 Å². The van der Waals surface area contributed by atoms with Crippen LogP contribution in [0.1, 0.15) is 24.0 Å². The molecule has 2 aromatic carbocycles. The van der Waals surface area contributed by atoms with E-state index in [9.17, 15) is 9.18 Å². The molecule has 2 atom stereocenters. The van der Waals surface area contributed by atoms with Crippen molar-refractivity contribution in [2.75, 3.05) is 45.3 Å². The smallest absolute Gasteiger partial charge is 0.320 e. The summed E-state index contributed by atoms with van der Waals surface area (Å²) in [5, 5.41) is 10.6. The van der Waals surface area contributed by atoms with Gasteiger partial charge in [0, 0.05) is 32.2 Å². The normalized spacial score (nSPS) is 17.9. The number of carbonyl (C=O) groups excluding carboxylic acids is 1. The molecule has 0 saturated carbocycles. The van der Waals surface area contributed by atoms with E-state index in [0.717, 1.165) is 29.9 Å². The second kappa shape index (κ2) is 11.3. The summed E-state index contributed by atoms with van der Waals surface area (Å²) >= 11 is 0. The van der Waals surface area contributed by atoms with E-state index in [1.54, 1.807) is 23.9 Å². The average Bonchev–Trinajstić information content (AvgIpc) is 3.40. The summed E-state index contributed by atoms with van der Waals surface area (Å²) in [6, 6.07) is 15.6. The highest BCUT2D eigenvalue weighted by Crippen LogP contribution is 2.30. The van der Waals surface area contributed by atoms with Gasteiger partial charge in [0.2, 0.25) is 5.88 Å². The monoisotopic (exact) mass is 481 g/mol. The number of halogens is 1. The molecule has 1 saturated heterocycles. The molecule has 1 aromatic heterocycles. The van der Waals surface area contributed by atoms with Crippen LogP contribution in [-0.4, -0.2) is 66.7 Å². The second-order valence-electron chi connectivity index (χ2n) is 8.55. The molecule has 0 radical (unpaired) electrons. The van der Waals surface area contributed by atoms with E-state index in [4.69, 9.17) is 9.47 Å². The molecule has 2 amide bonds. The number of aromatic nitrogens is 2. The van der Waals surface area contributed by atoms with Gasteiger partial charge in [-0.3, -0.25) is 10.2 Å². The number of likely N-dealkylation sites (tertiary alicyclic amines) is 1. The van der Waals surface area contributed by atoms with Crippen molar-refractivity contribution >= 4 is 11.8 Å². The van der Waals surface area contributed by atoms with Crippen molar-refractivity contribution in [2.45, 2.75) is 25.8 Å². The van der Waals surface area contributed by atoms with Gasteiger partial charge >= 0.3 is 6.03 Å². The molecule has 186 valence electrons. The number of rotatable bonds is 9. The average molecular weight is 482 g/mol. The first-order valence-corrected chi connectivity index (χ1v) is 11.8. The third-order valence-corrected chi connectivity index (χ3v) is 6.27. The second-order valence-corrected chi connectivity index (χ2v) is 8.55. The topological polar surface area (TPSA) is 80.7 Å². The SMILES string of the molecule is CCOCCN1C[C@@H](NC(=O)Nc2c(C)c(OC)nn2-c2ccccc2)[C@H](c2ccc(F)cc2)C1. The summed E-state index contributed by atoms with van der Waals surface area (Å²) < 4.78 is 26.1. The number of nitrogens with zero attached hydrogens (tertiary/aromatic N) is 3. The molecule has 3 aromatic rings. The lowest BCUT2D eigenvalue weighted by Crippen LogP contribution is -2.42. The Labute approximate surface area is 205 Å². The number of nitrogens with one attached hydrogen (secondary N) is 2. The molecule has 2 N–H and O–H groups in total. The molecule has 0 unspecified atom stereocenters. The molecule has 0 aliphatic carbocycles. The summed E-state index contributed by atoms with van der Waals surface area (Å²) in [7, 11) is 1.55. The van der Waals surface area contributed by atoms with Crippen LogP contribution in [-0.2, 0) is 4.74 Å². The van der Waals surface area contributed by atoms with Gasteiger partial charge in [-0.1, -0.05) is 30.3 Å². The quantitative estimate of drug-likeness (QED) is 0.453. The van der Waals surface area contributed by atoms with Gasteiger partial charge in [-0.05, 0) is 43.7 Å². The maximum atomic E-state index is 13.5. The van der Waals surface area contributed by atoms with E-state index in [2.05, 4.69) is 20.6 Å². The van der Waals surface area contributed by atoms with Gasteiger partial charge in [0.05, 0.1) is 31.0 Å². The number of amides is 2. The summed E-state index contributed by atoms with van der Waals surface area (Å²) in [6.07, 6.45) is 0. The van der Waals surface area contributed by atoms with Gasteiger partial charge < -0.3 is 14.8 Å². The van der Waals surface area contributed by atoms with Crippen molar-refractivity contribution < 1.29 is 18.7 Å². The fourth-order valence-electron chi connectivity index (χ4n) is 4.48. The zero-order valence-corrected chi connectivity index (χ0v) is 20.3. The number of urea groups is 1. The fourth-order valence-corrected chi connectivity index (χ4v) is 4.48. The minimum Gasteiger partial charge on any atom is -0.480 e. The van der Waals surface area contributed by atoms with Crippen LogP contribution in [0.3, 0.4) is 0 Å². The standard InChI is InChI=1S/C26H32FN5O3/c1-4-35-15-14-31-16-22(19-10-12-20(27)13-11-19)23(17-31)28-26(33)29-24-18(2)25(34-3)30-32(24)21-8-6-5-7-9-21/h5-13,22-23H,4,14-17H2,1-3H3,(H2,28,29,33)/t22-,23+/m0/s1. The van der Waals surface area contributed by atoms with E-state index in [0.29, 0.717) is 31.5 Å². The first-order valence-electron chi connectivity index (χ1n) is 11.8. The summed E-state index contributed by atoms with van der Waals surface area (Å²) in [6.45, 7) is 7.30. The van der Waals surface area contributed by atoms with Gasteiger partial charge in [0.1, 0.15) is 11.6 Å². The zero-order chi connectivity index (χ0) is 24.8. The van der Waals surface area contributed by atoms with E-state index in [1.165, 1.54) is 12.1 Å². The van der Waals surface area contributed by atoms with E-state index >= 15 is 0 Å². The maximum Gasteiger partial charge on any atom is 0.320 e. The van der Waals surface area contributed by atoms with Gasteiger partial charge in [-0.15, -0.1) is 5.10 Å². The lowest BCUT2D eigenvalue weighted by molar-refractivity contribution is 0.121. The third-order valence-electron chi connectivity index (χ3n) is 6.27. The highest BCUT2D eigenvalue weighted by Gasteiger charge is 2.35. The van der Waals surface area contributed by atoms with Crippen LogP contribution in [0, 0.1) is 12.7 Å². The Kier molecular flexibility index (Phi) is 7.99. The molecule has 0 bridgehead atoms. The zero-order valence-electron chi connectivity index (χ0n) is 20.3. The summed E-state index contributed by atoms with van der Waals surface area (Å²) in [5.41, 5.74) is 2.52. The van der Waals surface area contributed by atoms with Crippen LogP contribution in [0.4, 0.5) is 15.0 Å². The van der Waals surface area contributed by atoms with Crippen molar-refractivity contribution in [3.8, 4) is 11.6 Å². The number of benzene rings is 2. The first kappa shape index (κ1) is 24.7. The lowest BCUT2D eigenvalue weighted by atomic mass is 9.94. The van der Waals surface area contributed by atoms with Crippen LogP contribution >= 0.6 is 0 Å². The molecule has 2 heterocycles. The Hall–Kier alpha value is -3.43. The first-order chi connectivity index (χ1) is 17.0. The van der Waals surface area contributed by atoms with Crippen molar-refractivity contribution in [1.82, 2.24) is 20.0 Å². The van der Waals surface area contributed by atoms with Crippen molar-refractivity contribution in [3.05, 3.63) is 71.5 Å². The number of anilines is 1. The van der Waals surface area contributed by atoms with Gasteiger partial charge in [-0.2, -0.15) is 0 Å². The largest absolute Gasteiger partial charge is 0.480 e. The van der Waals surface area contributed by atoms with Gasteiger partial charge in [0.25, 0.3) is 0 Å². The molecule has 0 spiro atoms. The molecular weight excluding hydrogens is 449 g/mol.